The number of likely N-dealkylation sites (N-methyl/N-ethyl adjacent to an activating group) is 1. The van der Waals surface area contributed by atoms with Gasteiger partial charge in [-0.15, -0.1) is 0 Å². The Bertz CT molecular complexity index is 263. The Morgan fingerprint density at radius 3 is 2.33 bits per heavy atom. The molecule has 86 valence electrons. The van der Waals surface area contributed by atoms with Crippen molar-refractivity contribution in [3.63, 3.8) is 0 Å². The van der Waals surface area contributed by atoms with E-state index in [1.807, 2.05) is 19.0 Å². The first-order valence-electron chi connectivity index (χ1n) is 4.53. The molecule has 1 unspecified atom stereocenters. The molecule has 0 bridgehead atoms. The molecule has 0 saturated carbocycles. The molecule has 0 radical (unpaired) electrons. The number of nitrogens with zero attached hydrogens (tertiary/aromatic N) is 3. The number of aliphatic imine (C=N–C) groups is 1. The van der Waals surface area contributed by atoms with Crippen molar-refractivity contribution >= 4 is 18.2 Å². The van der Waals surface area contributed by atoms with Crippen LogP contribution in [0.1, 0.15) is 6.92 Å². The average molecular weight is 215 g/mol. The predicted octanol–water partition coefficient (Wildman–Crippen LogP) is 0.144. The van der Waals surface area contributed by atoms with Crippen molar-refractivity contribution in [2.24, 2.45) is 4.99 Å². The summed E-state index contributed by atoms with van der Waals surface area (Å²) in [6, 6.07) is -0.749. The lowest BCUT2D eigenvalue weighted by molar-refractivity contribution is -0.121. The van der Waals surface area contributed by atoms with Crippen LogP contribution in [-0.2, 0) is 4.79 Å². The Morgan fingerprint density at radius 1 is 1.40 bits per heavy atom. The zero-order chi connectivity index (χ0) is 12.0. The first-order chi connectivity index (χ1) is 6.86. The molecule has 1 atom stereocenters. The molecule has 6 heteroatoms. The Hall–Kier alpha value is -1.43. The summed E-state index contributed by atoms with van der Waals surface area (Å²) >= 11 is 0. The van der Waals surface area contributed by atoms with Gasteiger partial charge in [-0.25, -0.2) is 9.79 Å². The topological polar surface area (TPSA) is 73.2 Å². The van der Waals surface area contributed by atoms with Crippen LogP contribution in [0.5, 0.6) is 0 Å². The van der Waals surface area contributed by atoms with Gasteiger partial charge in [-0.05, 0) is 21.0 Å². The summed E-state index contributed by atoms with van der Waals surface area (Å²) in [4.78, 5) is 28.3. The van der Waals surface area contributed by atoms with Crippen LogP contribution in [0.25, 0.3) is 0 Å². The molecule has 1 N–H and O–H groups in total. The van der Waals surface area contributed by atoms with Crippen LogP contribution >= 0.6 is 0 Å². The van der Waals surface area contributed by atoms with Crippen LogP contribution in [0, 0.1) is 0 Å². The summed E-state index contributed by atoms with van der Waals surface area (Å²) in [5.74, 6) is -0.457. The fourth-order valence-corrected chi connectivity index (χ4v) is 0.733. The molecule has 0 saturated heterocycles. The van der Waals surface area contributed by atoms with E-state index < -0.39 is 18.0 Å². The van der Waals surface area contributed by atoms with Crippen LogP contribution < -0.4 is 0 Å². The molecule has 0 aliphatic carbocycles. The summed E-state index contributed by atoms with van der Waals surface area (Å²) in [6.45, 7) is 2.05. The smallest absolute Gasteiger partial charge is 0.407 e. The molecule has 0 aromatic carbocycles. The van der Waals surface area contributed by atoms with E-state index in [0.29, 0.717) is 6.54 Å². The number of hydrogen-bond donors (Lipinski definition) is 1. The van der Waals surface area contributed by atoms with Crippen LogP contribution in [0.2, 0.25) is 0 Å². The lowest BCUT2D eigenvalue weighted by atomic mass is 10.3. The molecule has 6 nitrogen and oxygen atoms in total. The van der Waals surface area contributed by atoms with Gasteiger partial charge in [-0.2, -0.15) is 0 Å². The number of rotatable bonds is 4. The van der Waals surface area contributed by atoms with E-state index in [-0.39, 0.29) is 0 Å². The minimum atomic E-state index is -1.14. The van der Waals surface area contributed by atoms with Gasteiger partial charge in [0.25, 0.3) is 5.91 Å². The van der Waals surface area contributed by atoms with Gasteiger partial charge in [0.1, 0.15) is 6.04 Å². The molecule has 0 aromatic heterocycles. The highest BCUT2D eigenvalue weighted by atomic mass is 16.4. The second-order valence-electron chi connectivity index (χ2n) is 3.48. The van der Waals surface area contributed by atoms with Gasteiger partial charge in [0.05, 0.1) is 0 Å². The molecular weight excluding hydrogens is 198 g/mol. The molecule has 15 heavy (non-hydrogen) atoms. The third-order valence-electron chi connectivity index (χ3n) is 1.91. The van der Waals surface area contributed by atoms with Gasteiger partial charge >= 0.3 is 6.09 Å². The molecule has 2 amide bonds. The highest BCUT2D eigenvalue weighted by Crippen LogP contribution is 1.98. The Morgan fingerprint density at radius 2 is 1.93 bits per heavy atom. The molecule has 0 aromatic rings. The van der Waals surface area contributed by atoms with Gasteiger partial charge in [0, 0.05) is 19.8 Å². The summed E-state index contributed by atoms with van der Waals surface area (Å²) in [5.41, 5.74) is 0. The lowest BCUT2D eigenvalue weighted by Gasteiger charge is -2.18. The highest BCUT2D eigenvalue weighted by Gasteiger charge is 2.20. The molecule has 0 spiro atoms. The maximum Gasteiger partial charge on any atom is 0.407 e. The Balaban J connectivity index is 4.21. The zero-order valence-electron chi connectivity index (χ0n) is 9.47. The van der Waals surface area contributed by atoms with E-state index in [2.05, 4.69) is 4.99 Å². The van der Waals surface area contributed by atoms with E-state index in [1.165, 1.54) is 20.2 Å². The number of amides is 2. The first kappa shape index (κ1) is 13.6. The maximum absolute atomic E-state index is 11.3. The van der Waals surface area contributed by atoms with Crippen molar-refractivity contribution in [2.75, 3.05) is 27.7 Å². The quantitative estimate of drug-likeness (QED) is 0.677. The van der Waals surface area contributed by atoms with Gasteiger partial charge in [-0.3, -0.25) is 9.69 Å². The molecule has 0 heterocycles. The van der Waals surface area contributed by atoms with Crippen molar-refractivity contribution < 1.29 is 14.7 Å². The fourth-order valence-electron chi connectivity index (χ4n) is 0.733. The Kier molecular flexibility index (Phi) is 5.54. The van der Waals surface area contributed by atoms with E-state index in [4.69, 9.17) is 5.11 Å². The van der Waals surface area contributed by atoms with Crippen molar-refractivity contribution in [1.82, 2.24) is 9.80 Å². The van der Waals surface area contributed by atoms with Crippen molar-refractivity contribution in [1.29, 1.82) is 0 Å². The zero-order valence-corrected chi connectivity index (χ0v) is 9.47. The normalized spacial score (nSPS) is 13.1. The van der Waals surface area contributed by atoms with Crippen molar-refractivity contribution in [2.45, 2.75) is 13.0 Å². The summed E-state index contributed by atoms with van der Waals surface area (Å²) < 4.78 is 0. The van der Waals surface area contributed by atoms with E-state index in [0.717, 1.165) is 4.90 Å². The molecule has 0 aliphatic rings. The second kappa shape index (κ2) is 6.13. The van der Waals surface area contributed by atoms with E-state index >= 15 is 0 Å². The number of carbonyl (C=O) groups is 2. The van der Waals surface area contributed by atoms with Crippen LogP contribution in [-0.4, -0.2) is 66.9 Å². The second-order valence-corrected chi connectivity index (χ2v) is 3.48. The van der Waals surface area contributed by atoms with E-state index in [9.17, 15) is 9.59 Å². The average Bonchev–Trinajstić information content (AvgIpc) is 2.14. The van der Waals surface area contributed by atoms with Gasteiger partial charge in [-0.1, -0.05) is 0 Å². The number of carbonyl (C=O) groups excluding carboxylic acids is 1. The maximum atomic E-state index is 11.3. The SMILES string of the molecule is CC(C(=O)N=CCN(C)C)N(C)C(=O)O. The summed E-state index contributed by atoms with van der Waals surface area (Å²) in [5, 5.41) is 8.63. The van der Waals surface area contributed by atoms with Crippen LogP contribution in [0.15, 0.2) is 4.99 Å². The third kappa shape index (κ3) is 5.11. The predicted molar refractivity (Wildman–Crippen MR) is 57.3 cm³/mol. The monoisotopic (exact) mass is 215 g/mol. The number of hydrogen-bond acceptors (Lipinski definition) is 3. The largest absolute Gasteiger partial charge is 0.465 e. The third-order valence-corrected chi connectivity index (χ3v) is 1.91. The van der Waals surface area contributed by atoms with Gasteiger partial charge in [0.15, 0.2) is 0 Å². The van der Waals surface area contributed by atoms with Gasteiger partial charge < -0.3 is 10.0 Å². The highest BCUT2D eigenvalue weighted by molar-refractivity contribution is 5.90. The standard InChI is InChI=1S/C9H17N3O3/c1-7(12(4)9(14)15)8(13)10-5-6-11(2)3/h5,7H,6H2,1-4H3,(H,14,15). The minimum absolute atomic E-state index is 0.457. The lowest BCUT2D eigenvalue weighted by Crippen LogP contribution is -2.38. The van der Waals surface area contributed by atoms with Crippen molar-refractivity contribution in [3.05, 3.63) is 0 Å². The van der Waals surface area contributed by atoms with Gasteiger partial charge in [0.2, 0.25) is 0 Å². The number of carboxylic acid groups (broad SMARTS) is 1. The summed E-state index contributed by atoms with van der Waals surface area (Å²) in [7, 11) is 5.04. The molecule has 0 rings (SSSR count). The first-order valence-corrected chi connectivity index (χ1v) is 4.53. The van der Waals surface area contributed by atoms with Crippen LogP contribution in [0.4, 0.5) is 4.79 Å². The Labute approximate surface area is 89.2 Å². The minimum Gasteiger partial charge on any atom is -0.465 e. The van der Waals surface area contributed by atoms with Crippen LogP contribution in [0.3, 0.4) is 0 Å². The molecule has 0 aliphatic heterocycles. The molecule has 0 fully saturated rings. The van der Waals surface area contributed by atoms with Crippen molar-refractivity contribution in [3.8, 4) is 0 Å². The molecular formula is C9H17N3O3. The van der Waals surface area contributed by atoms with E-state index in [1.54, 1.807) is 0 Å². The fraction of sp³-hybridized carbons (Fsp3) is 0.667. The summed E-state index contributed by atoms with van der Waals surface area (Å²) in [6.07, 6.45) is 0.327.